The van der Waals surface area contributed by atoms with Crippen LogP contribution in [0.1, 0.15) is 42.7 Å². The summed E-state index contributed by atoms with van der Waals surface area (Å²) in [7, 11) is 0. The van der Waals surface area contributed by atoms with Gasteiger partial charge in [0.2, 0.25) is 0 Å². The minimum Gasteiger partial charge on any atom is -0.379 e. The van der Waals surface area contributed by atoms with E-state index in [1.807, 2.05) is 12.3 Å². The number of aromatic nitrogens is 2. The molecular formula is C24H33N5O2S. The Balaban J connectivity index is 1.36. The molecule has 8 heteroatoms. The molecule has 5 heterocycles. The van der Waals surface area contributed by atoms with Crippen molar-refractivity contribution in [1.29, 1.82) is 0 Å². The topological polar surface area (TPSA) is 54.8 Å². The third-order valence-electron chi connectivity index (χ3n) is 6.77. The number of nitrogens with zero attached hydrogens (tertiary/aromatic N) is 4. The predicted octanol–water partition coefficient (Wildman–Crippen LogP) is 2.76. The van der Waals surface area contributed by atoms with Gasteiger partial charge in [0, 0.05) is 57.4 Å². The van der Waals surface area contributed by atoms with Gasteiger partial charge in [0.1, 0.15) is 0 Å². The highest BCUT2D eigenvalue weighted by atomic mass is 32.1. The quantitative estimate of drug-likeness (QED) is 0.615. The zero-order valence-electron chi connectivity index (χ0n) is 18.6. The molecule has 0 amide bonds. The lowest BCUT2D eigenvalue weighted by Gasteiger charge is -2.31. The molecule has 7 nitrogen and oxygen atoms in total. The standard InChI is InChI=1S/C24H33N5O2S/c32-24-26-22(20-7-1-2-9-25-20)23(29(24)12-5-10-27-13-16-30-17-14-27)21-8-3-11-28(21)18-19-6-4-15-31-19/h1-3,7-9,11,19,22-23H,4-6,10,12-18H2,(H,26,32)/t19-,22-,23-/m0/s1. The molecule has 0 spiro atoms. The summed E-state index contributed by atoms with van der Waals surface area (Å²) in [5, 5.41) is 4.40. The molecule has 3 saturated heterocycles. The van der Waals surface area contributed by atoms with E-state index >= 15 is 0 Å². The number of morpholine rings is 1. The van der Waals surface area contributed by atoms with Crippen LogP contribution in [0.25, 0.3) is 0 Å². The first-order valence-corrected chi connectivity index (χ1v) is 12.3. The van der Waals surface area contributed by atoms with Crippen LogP contribution in [0.5, 0.6) is 0 Å². The molecule has 32 heavy (non-hydrogen) atoms. The number of hydrogen-bond acceptors (Lipinski definition) is 5. The van der Waals surface area contributed by atoms with Gasteiger partial charge in [0.05, 0.1) is 37.1 Å². The Morgan fingerprint density at radius 3 is 2.78 bits per heavy atom. The third kappa shape index (κ3) is 4.83. The van der Waals surface area contributed by atoms with E-state index in [-0.39, 0.29) is 12.1 Å². The molecule has 3 fully saturated rings. The first-order valence-electron chi connectivity index (χ1n) is 11.8. The van der Waals surface area contributed by atoms with Crippen molar-refractivity contribution in [3.05, 3.63) is 54.1 Å². The molecule has 0 radical (unpaired) electrons. The van der Waals surface area contributed by atoms with Crippen LogP contribution in [0.4, 0.5) is 0 Å². The Hall–Kier alpha value is -2.00. The molecule has 3 atom stereocenters. The van der Waals surface area contributed by atoms with Gasteiger partial charge in [-0.25, -0.2) is 0 Å². The van der Waals surface area contributed by atoms with Crippen LogP contribution in [-0.2, 0) is 16.0 Å². The molecule has 2 aromatic heterocycles. The largest absolute Gasteiger partial charge is 0.379 e. The van der Waals surface area contributed by atoms with E-state index in [9.17, 15) is 0 Å². The van der Waals surface area contributed by atoms with Crippen molar-refractivity contribution in [3.8, 4) is 0 Å². The van der Waals surface area contributed by atoms with Crippen LogP contribution >= 0.6 is 12.2 Å². The van der Waals surface area contributed by atoms with Crippen LogP contribution < -0.4 is 5.32 Å². The fourth-order valence-corrected chi connectivity index (χ4v) is 5.46. The zero-order chi connectivity index (χ0) is 21.8. The highest BCUT2D eigenvalue weighted by molar-refractivity contribution is 7.80. The lowest BCUT2D eigenvalue weighted by molar-refractivity contribution is 0.0365. The Morgan fingerprint density at radius 1 is 1.09 bits per heavy atom. The van der Waals surface area contributed by atoms with Crippen molar-refractivity contribution >= 4 is 17.3 Å². The first kappa shape index (κ1) is 21.8. The van der Waals surface area contributed by atoms with Crippen LogP contribution in [-0.4, -0.2) is 76.6 Å². The minimum absolute atomic E-state index is 0.0326. The average Bonchev–Trinajstić information content (AvgIpc) is 3.57. The number of rotatable bonds is 8. The van der Waals surface area contributed by atoms with Gasteiger partial charge >= 0.3 is 0 Å². The summed E-state index contributed by atoms with van der Waals surface area (Å²) >= 11 is 5.84. The lowest BCUT2D eigenvalue weighted by atomic mass is 10.0. The molecular weight excluding hydrogens is 422 g/mol. The minimum atomic E-state index is 0.0326. The fourth-order valence-electron chi connectivity index (χ4n) is 5.13. The van der Waals surface area contributed by atoms with Gasteiger partial charge in [-0.1, -0.05) is 6.07 Å². The predicted molar refractivity (Wildman–Crippen MR) is 127 cm³/mol. The van der Waals surface area contributed by atoms with Crippen LogP contribution in [0.15, 0.2) is 42.7 Å². The molecule has 172 valence electrons. The second-order valence-corrected chi connectivity index (χ2v) is 9.23. The molecule has 3 aliphatic rings. The lowest BCUT2D eigenvalue weighted by Crippen LogP contribution is -2.39. The molecule has 1 N–H and O–H groups in total. The Kier molecular flexibility index (Phi) is 7.02. The molecule has 0 aliphatic carbocycles. The van der Waals surface area contributed by atoms with E-state index in [4.69, 9.17) is 21.7 Å². The van der Waals surface area contributed by atoms with E-state index in [0.29, 0.717) is 6.10 Å². The van der Waals surface area contributed by atoms with E-state index in [0.717, 1.165) is 82.6 Å². The van der Waals surface area contributed by atoms with E-state index in [1.54, 1.807) is 0 Å². The SMILES string of the molecule is S=C1N[C@@H](c2ccccn2)[C@H](c2cccn2C[C@@H]2CCCO2)N1CCCN1CCOCC1. The number of hydrogen-bond donors (Lipinski definition) is 1. The Bertz CT molecular complexity index is 880. The average molecular weight is 456 g/mol. The van der Waals surface area contributed by atoms with E-state index in [2.05, 4.69) is 55.1 Å². The smallest absolute Gasteiger partial charge is 0.170 e. The van der Waals surface area contributed by atoms with Crippen molar-refractivity contribution in [2.24, 2.45) is 0 Å². The Labute approximate surface area is 195 Å². The first-order chi connectivity index (χ1) is 15.8. The highest BCUT2D eigenvalue weighted by Crippen LogP contribution is 2.39. The molecule has 5 rings (SSSR count). The van der Waals surface area contributed by atoms with Crippen molar-refractivity contribution in [1.82, 2.24) is 24.7 Å². The number of nitrogens with one attached hydrogen (secondary N) is 1. The summed E-state index contributed by atoms with van der Waals surface area (Å²) in [6.45, 7) is 7.47. The van der Waals surface area contributed by atoms with E-state index in [1.165, 1.54) is 5.69 Å². The number of thiocarbonyl (C=S) groups is 1. The number of pyridine rings is 1. The van der Waals surface area contributed by atoms with Gasteiger partial charge in [-0.2, -0.15) is 0 Å². The second kappa shape index (κ2) is 10.3. The van der Waals surface area contributed by atoms with Crippen LogP contribution in [0, 0.1) is 0 Å². The Morgan fingerprint density at radius 2 is 2.00 bits per heavy atom. The summed E-state index contributed by atoms with van der Waals surface area (Å²) in [4.78, 5) is 9.53. The normalized spacial score (nSPS) is 26.6. The second-order valence-electron chi connectivity index (χ2n) is 8.85. The van der Waals surface area contributed by atoms with Crippen molar-refractivity contribution < 1.29 is 9.47 Å². The monoisotopic (exact) mass is 455 g/mol. The zero-order valence-corrected chi connectivity index (χ0v) is 19.4. The van der Waals surface area contributed by atoms with Gasteiger partial charge in [0.15, 0.2) is 5.11 Å². The van der Waals surface area contributed by atoms with Gasteiger partial charge in [-0.3, -0.25) is 9.88 Å². The molecule has 0 bridgehead atoms. The molecule has 0 saturated carbocycles. The summed E-state index contributed by atoms with van der Waals surface area (Å²) in [5.74, 6) is 0. The fraction of sp³-hybridized carbons (Fsp3) is 0.583. The maximum atomic E-state index is 5.93. The maximum absolute atomic E-state index is 5.93. The van der Waals surface area contributed by atoms with Crippen LogP contribution in [0.3, 0.4) is 0 Å². The molecule has 3 aliphatic heterocycles. The number of ether oxygens (including phenoxy) is 2. The summed E-state index contributed by atoms with van der Waals surface area (Å²) in [5.41, 5.74) is 2.30. The van der Waals surface area contributed by atoms with E-state index < -0.39 is 0 Å². The summed E-state index contributed by atoms with van der Waals surface area (Å²) in [6.07, 6.45) is 7.70. The van der Waals surface area contributed by atoms with Gasteiger partial charge in [-0.15, -0.1) is 0 Å². The molecule has 2 aromatic rings. The van der Waals surface area contributed by atoms with Crippen molar-refractivity contribution in [2.75, 3.05) is 46.0 Å². The van der Waals surface area contributed by atoms with Crippen molar-refractivity contribution in [2.45, 2.75) is 44.0 Å². The summed E-state index contributed by atoms with van der Waals surface area (Å²) < 4.78 is 13.8. The van der Waals surface area contributed by atoms with Gasteiger partial charge in [0.25, 0.3) is 0 Å². The van der Waals surface area contributed by atoms with Crippen LogP contribution in [0.2, 0.25) is 0 Å². The van der Waals surface area contributed by atoms with Gasteiger partial charge < -0.3 is 24.3 Å². The highest BCUT2D eigenvalue weighted by Gasteiger charge is 2.41. The van der Waals surface area contributed by atoms with Gasteiger partial charge in [-0.05, 0) is 55.7 Å². The molecule has 0 unspecified atom stereocenters. The summed E-state index contributed by atoms with van der Waals surface area (Å²) in [6, 6.07) is 10.6. The maximum Gasteiger partial charge on any atom is 0.170 e. The van der Waals surface area contributed by atoms with Crippen molar-refractivity contribution in [3.63, 3.8) is 0 Å². The third-order valence-corrected chi connectivity index (χ3v) is 7.12. The molecule has 0 aromatic carbocycles.